The maximum atomic E-state index is 13.4. The summed E-state index contributed by atoms with van der Waals surface area (Å²) in [5, 5.41) is 11.9. The van der Waals surface area contributed by atoms with E-state index in [-0.39, 0.29) is 11.7 Å². The van der Waals surface area contributed by atoms with Gasteiger partial charge in [-0.2, -0.15) is 0 Å². The van der Waals surface area contributed by atoms with E-state index in [4.69, 9.17) is 0 Å². The topological polar surface area (TPSA) is 72.7 Å². The Bertz CT molecular complexity index is 1230. The molecule has 0 radical (unpaired) electrons. The van der Waals surface area contributed by atoms with Gasteiger partial charge in [0.2, 0.25) is 5.91 Å². The minimum absolute atomic E-state index is 0.0990. The van der Waals surface area contributed by atoms with Gasteiger partial charge >= 0.3 is 0 Å². The maximum Gasteiger partial charge on any atom is 0.234 e. The molecule has 1 amide bonds. The van der Waals surface area contributed by atoms with Crippen LogP contribution >= 0.6 is 11.8 Å². The molecule has 2 aromatic carbocycles. The second-order valence-corrected chi connectivity index (χ2v) is 7.94. The first-order valence-electron chi connectivity index (χ1n) is 9.64. The van der Waals surface area contributed by atoms with Gasteiger partial charge in [-0.15, -0.1) is 10.2 Å². The van der Waals surface area contributed by atoms with Crippen LogP contribution in [0.4, 0.5) is 10.1 Å². The van der Waals surface area contributed by atoms with Gasteiger partial charge in [0, 0.05) is 11.9 Å². The third-order valence-electron chi connectivity index (χ3n) is 4.56. The Kier molecular flexibility index (Phi) is 6.08. The molecule has 1 N–H and O–H groups in total. The van der Waals surface area contributed by atoms with Gasteiger partial charge in [0.25, 0.3) is 0 Å². The Morgan fingerprint density at radius 2 is 1.94 bits per heavy atom. The molecule has 0 aliphatic carbocycles. The number of carbonyl (C=O) groups excluding carboxylic acids is 1. The Labute approximate surface area is 183 Å². The van der Waals surface area contributed by atoms with Gasteiger partial charge in [-0.3, -0.25) is 14.3 Å². The zero-order valence-electron chi connectivity index (χ0n) is 17.0. The number of anilines is 1. The van der Waals surface area contributed by atoms with Gasteiger partial charge in [-0.25, -0.2) is 4.39 Å². The number of rotatable bonds is 6. The molecule has 2 heterocycles. The molecule has 6 nitrogen and oxygen atoms in total. The maximum absolute atomic E-state index is 13.4. The van der Waals surface area contributed by atoms with Crippen LogP contribution in [-0.2, 0) is 4.79 Å². The SMILES string of the molecule is Cc1ccc(-n2c(SCC(=O)Nc3cccc(F)c3)nnc2-c2ccccn2)c(C)c1. The molecule has 2 aromatic heterocycles. The number of benzene rings is 2. The number of aryl methyl sites for hydroxylation is 2. The first-order chi connectivity index (χ1) is 15.0. The summed E-state index contributed by atoms with van der Waals surface area (Å²) in [6.45, 7) is 4.06. The minimum atomic E-state index is -0.403. The highest BCUT2D eigenvalue weighted by molar-refractivity contribution is 7.99. The van der Waals surface area contributed by atoms with Gasteiger partial charge in [0.05, 0.1) is 11.4 Å². The van der Waals surface area contributed by atoms with Crippen molar-refractivity contribution in [2.75, 3.05) is 11.1 Å². The number of nitrogens with zero attached hydrogens (tertiary/aromatic N) is 4. The smallest absolute Gasteiger partial charge is 0.234 e. The molecule has 0 bridgehead atoms. The Morgan fingerprint density at radius 3 is 2.68 bits per heavy atom. The monoisotopic (exact) mass is 433 g/mol. The molecule has 0 saturated carbocycles. The van der Waals surface area contributed by atoms with E-state index < -0.39 is 5.82 Å². The van der Waals surface area contributed by atoms with E-state index >= 15 is 0 Å². The quantitative estimate of drug-likeness (QED) is 0.442. The Balaban J connectivity index is 1.63. The number of carbonyl (C=O) groups is 1. The number of halogens is 1. The van der Waals surface area contributed by atoms with Crippen molar-refractivity contribution in [1.82, 2.24) is 19.7 Å². The summed E-state index contributed by atoms with van der Waals surface area (Å²) in [4.78, 5) is 16.8. The van der Waals surface area contributed by atoms with Crippen molar-refractivity contribution in [3.05, 3.63) is 83.8 Å². The van der Waals surface area contributed by atoms with E-state index in [2.05, 4.69) is 26.6 Å². The van der Waals surface area contributed by atoms with Crippen molar-refractivity contribution in [2.45, 2.75) is 19.0 Å². The standard InChI is InChI=1S/C23H20FN5OS/c1-15-9-10-20(16(2)12-15)29-22(19-8-3-4-11-25-19)27-28-23(29)31-14-21(30)26-18-7-5-6-17(24)13-18/h3-13H,14H2,1-2H3,(H,26,30). The normalized spacial score (nSPS) is 10.8. The number of amides is 1. The third-order valence-corrected chi connectivity index (χ3v) is 5.49. The molecule has 0 aliphatic rings. The lowest BCUT2D eigenvalue weighted by atomic mass is 10.1. The molecule has 4 rings (SSSR count). The summed E-state index contributed by atoms with van der Waals surface area (Å²) in [5.41, 5.74) is 4.23. The van der Waals surface area contributed by atoms with Crippen molar-refractivity contribution in [2.24, 2.45) is 0 Å². The second kappa shape index (κ2) is 9.09. The highest BCUT2D eigenvalue weighted by atomic mass is 32.2. The fourth-order valence-electron chi connectivity index (χ4n) is 3.19. The van der Waals surface area contributed by atoms with Crippen LogP contribution in [0, 0.1) is 19.7 Å². The van der Waals surface area contributed by atoms with E-state index in [1.165, 1.54) is 23.9 Å². The molecule has 4 aromatic rings. The van der Waals surface area contributed by atoms with Crippen LogP contribution in [0.3, 0.4) is 0 Å². The molecule has 31 heavy (non-hydrogen) atoms. The average Bonchev–Trinajstić information content (AvgIpc) is 3.16. The van der Waals surface area contributed by atoms with Crippen molar-refractivity contribution >= 4 is 23.4 Å². The number of nitrogens with one attached hydrogen (secondary N) is 1. The second-order valence-electron chi connectivity index (χ2n) is 6.99. The molecule has 0 fully saturated rings. The fraction of sp³-hybridized carbons (Fsp3) is 0.130. The summed E-state index contributed by atoms with van der Waals surface area (Å²) < 4.78 is 15.3. The molecule has 0 aliphatic heterocycles. The van der Waals surface area contributed by atoms with Gasteiger partial charge < -0.3 is 5.32 Å². The van der Waals surface area contributed by atoms with Crippen LogP contribution in [0.1, 0.15) is 11.1 Å². The predicted octanol–water partition coefficient (Wildman–Crippen LogP) is 4.82. The van der Waals surface area contributed by atoms with Gasteiger partial charge in [0.1, 0.15) is 11.5 Å². The van der Waals surface area contributed by atoms with Crippen LogP contribution in [0.5, 0.6) is 0 Å². The molecule has 0 saturated heterocycles. The van der Waals surface area contributed by atoms with Crippen molar-refractivity contribution < 1.29 is 9.18 Å². The third kappa shape index (κ3) is 4.80. The molecule has 0 unspecified atom stereocenters. The lowest BCUT2D eigenvalue weighted by Gasteiger charge is -2.13. The Hall–Kier alpha value is -3.52. The van der Waals surface area contributed by atoms with Gasteiger partial charge in [0.15, 0.2) is 11.0 Å². The molecule has 156 valence electrons. The fourth-order valence-corrected chi connectivity index (χ4v) is 3.94. The van der Waals surface area contributed by atoms with E-state index in [9.17, 15) is 9.18 Å². The van der Waals surface area contributed by atoms with Crippen LogP contribution in [0.15, 0.2) is 72.0 Å². The van der Waals surface area contributed by atoms with E-state index in [1.54, 1.807) is 18.3 Å². The number of pyridine rings is 1. The first kappa shape index (κ1) is 20.7. The van der Waals surface area contributed by atoms with E-state index in [0.717, 1.165) is 16.8 Å². The predicted molar refractivity (Wildman–Crippen MR) is 120 cm³/mol. The number of thioether (sulfide) groups is 1. The zero-order valence-corrected chi connectivity index (χ0v) is 17.9. The number of hydrogen-bond acceptors (Lipinski definition) is 5. The number of hydrogen-bond donors (Lipinski definition) is 1. The molecular formula is C23H20FN5OS. The highest BCUT2D eigenvalue weighted by Crippen LogP contribution is 2.29. The van der Waals surface area contributed by atoms with Crippen LogP contribution < -0.4 is 5.32 Å². The minimum Gasteiger partial charge on any atom is -0.325 e. The molecule has 0 atom stereocenters. The summed E-state index contributed by atoms with van der Waals surface area (Å²) in [6, 6.07) is 17.5. The van der Waals surface area contributed by atoms with Crippen molar-refractivity contribution in [3.8, 4) is 17.2 Å². The zero-order chi connectivity index (χ0) is 21.8. The summed E-state index contributed by atoms with van der Waals surface area (Å²) >= 11 is 1.26. The van der Waals surface area contributed by atoms with E-state index in [1.807, 2.05) is 48.7 Å². The van der Waals surface area contributed by atoms with E-state index in [0.29, 0.717) is 22.4 Å². The van der Waals surface area contributed by atoms with Gasteiger partial charge in [-0.1, -0.05) is 41.6 Å². The van der Waals surface area contributed by atoms with Crippen LogP contribution in [-0.4, -0.2) is 31.4 Å². The lowest BCUT2D eigenvalue weighted by Crippen LogP contribution is -2.14. The van der Waals surface area contributed by atoms with Crippen molar-refractivity contribution in [3.63, 3.8) is 0 Å². The summed E-state index contributed by atoms with van der Waals surface area (Å²) in [6.07, 6.45) is 1.70. The largest absolute Gasteiger partial charge is 0.325 e. The summed E-state index contributed by atoms with van der Waals surface area (Å²) in [7, 11) is 0. The molecule has 0 spiro atoms. The summed E-state index contributed by atoms with van der Waals surface area (Å²) in [5.74, 6) is 0.0349. The number of aromatic nitrogens is 4. The van der Waals surface area contributed by atoms with Crippen LogP contribution in [0.2, 0.25) is 0 Å². The molecular weight excluding hydrogens is 413 g/mol. The first-order valence-corrected chi connectivity index (χ1v) is 10.6. The lowest BCUT2D eigenvalue weighted by molar-refractivity contribution is -0.113. The Morgan fingerprint density at radius 1 is 1.06 bits per heavy atom. The molecule has 8 heteroatoms. The van der Waals surface area contributed by atoms with Gasteiger partial charge in [-0.05, 0) is 55.8 Å². The van der Waals surface area contributed by atoms with Crippen molar-refractivity contribution in [1.29, 1.82) is 0 Å². The highest BCUT2D eigenvalue weighted by Gasteiger charge is 2.19. The average molecular weight is 434 g/mol. The van der Waals surface area contributed by atoms with Crippen LogP contribution in [0.25, 0.3) is 17.2 Å².